The van der Waals surface area contributed by atoms with E-state index < -0.39 is 16.9 Å². The number of benzene rings is 19. The highest BCUT2D eigenvalue weighted by Crippen LogP contribution is 2.86. The van der Waals surface area contributed by atoms with E-state index in [0.717, 1.165) is 6.42 Å². The van der Waals surface area contributed by atoms with E-state index in [1.807, 2.05) is 0 Å². The van der Waals surface area contributed by atoms with Gasteiger partial charge in [0, 0.05) is 5.41 Å². The molecule has 1 atom stereocenters. The van der Waals surface area contributed by atoms with Crippen molar-refractivity contribution in [2.75, 3.05) is 0 Å². The van der Waals surface area contributed by atoms with Crippen molar-refractivity contribution in [1.29, 1.82) is 0 Å². The number of hydrogen-bond donors (Lipinski definition) is 1. The molecule has 2 spiro atoms. The average Bonchev–Trinajstić information content (AvgIpc) is 4.33. The zero-order valence-electron chi connectivity index (χ0n) is 36.0. The van der Waals surface area contributed by atoms with Crippen LogP contribution in [0, 0.1) is 6.92 Å². The quantitative estimate of drug-likeness (QED) is 0.151. The molecule has 0 saturated heterocycles. The molecule has 1 nitrogen and oxygen atoms in total. The third kappa shape index (κ3) is 1.32. The second-order valence-corrected chi connectivity index (χ2v) is 26.2. The molecule has 0 bridgehead atoms. The van der Waals surface area contributed by atoms with Gasteiger partial charge in [-0.05, 0) is 343 Å². The highest BCUT2D eigenvalue weighted by molar-refractivity contribution is 6.82. The monoisotopic (exact) mass is 854 g/mol. The number of fused-ring (bicyclic) bond motifs is 1. The zero-order chi connectivity index (χ0) is 41.6. The van der Waals surface area contributed by atoms with E-state index in [1.54, 1.807) is 313 Å². The fraction of sp³-hybridized carbons (Fsp3) is 0.0725. The molecule has 0 radical (unpaired) electrons. The third-order valence-corrected chi connectivity index (χ3v) is 26.1. The summed E-state index contributed by atoms with van der Waals surface area (Å²) in [6.07, 6.45) is 0.254. The molecule has 5 aliphatic rings. The first-order chi connectivity index (χ1) is 34.8. The Kier molecular flexibility index (Phi) is 2.12. The SMILES string of the molecule is Cc1cccc2c1C(O)C13c4c5c6c7c8c9c(c%10c%11c1c1c4c4c%12c5c5c6c6c8c8c%13c9c9c%10c%10c%11c%11c1c1c4c4c%12c%12c5c5c6c8c6c8c%13c9c9c%10c%10c%11c1c1c4c4c%12c5c6c5c8c9c%10c1c45)C73C2. The molecule has 1 heteroatoms. The Balaban J connectivity index is 1.20. The fourth-order valence-electron chi connectivity index (χ4n) is 26.1. The molecular formula is C69H10O. The Labute approximate surface area is 381 Å². The summed E-state index contributed by atoms with van der Waals surface area (Å²) >= 11 is 0. The van der Waals surface area contributed by atoms with Crippen molar-refractivity contribution in [1.82, 2.24) is 0 Å². The van der Waals surface area contributed by atoms with Crippen molar-refractivity contribution in [2.45, 2.75) is 30.3 Å². The van der Waals surface area contributed by atoms with Crippen LogP contribution in [0.5, 0.6) is 0 Å². The molecule has 34 rings (SSSR count). The van der Waals surface area contributed by atoms with Gasteiger partial charge >= 0.3 is 0 Å². The molecular weight excluding hydrogens is 845 g/mol. The Bertz CT molecular complexity index is 7240. The zero-order valence-corrected chi connectivity index (χ0v) is 36.0. The smallest absolute Gasteiger partial charge is 0.0945 e. The maximum atomic E-state index is 14.9. The Hall–Kier alpha value is -8.36. The van der Waals surface area contributed by atoms with E-state index >= 15 is 0 Å². The van der Waals surface area contributed by atoms with Crippen LogP contribution < -0.4 is 0 Å². The molecule has 0 aliphatic heterocycles. The second kappa shape index (κ2) is 5.75. The van der Waals surface area contributed by atoms with Crippen LogP contribution in [0.2, 0.25) is 0 Å². The van der Waals surface area contributed by atoms with Crippen molar-refractivity contribution in [3.63, 3.8) is 0 Å². The van der Waals surface area contributed by atoms with Gasteiger partial charge in [-0.1, -0.05) is 18.2 Å². The van der Waals surface area contributed by atoms with Gasteiger partial charge in [0.1, 0.15) is 0 Å². The van der Waals surface area contributed by atoms with Crippen LogP contribution in [0.15, 0.2) is 18.2 Å². The van der Waals surface area contributed by atoms with Gasteiger partial charge in [0.25, 0.3) is 0 Å². The van der Waals surface area contributed by atoms with Gasteiger partial charge in [-0.3, -0.25) is 0 Å². The summed E-state index contributed by atoms with van der Waals surface area (Å²) in [6, 6.07) is 7.09. The molecule has 5 aliphatic carbocycles. The van der Waals surface area contributed by atoms with Crippen molar-refractivity contribution < 1.29 is 5.11 Å². The minimum atomic E-state index is -0.687. The number of hydrogen-bond acceptors (Lipinski definition) is 1. The van der Waals surface area contributed by atoms with E-state index in [2.05, 4.69) is 25.1 Å². The van der Waals surface area contributed by atoms with E-state index in [4.69, 9.17) is 0 Å². The molecule has 0 fully saturated rings. The van der Waals surface area contributed by atoms with Gasteiger partial charge < -0.3 is 5.11 Å². The lowest BCUT2D eigenvalue weighted by atomic mass is 9.42. The van der Waals surface area contributed by atoms with E-state index in [-0.39, 0.29) is 0 Å². The van der Waals surface area contributed by atoms with Gasteiger partial charge in [0.15, 0.2) is 0 Å². The first-order valence-corrected chi connectivity index (χ1v) is 26.3. The van der Waals surface area contributed by atoms with Crippen LogP contribution in [0.3, 0.4) is 0 Å². The molecule has 70 heavy (non-hydrogen) atoms. The average molecular weight is 855 g/mol. The largest absolute Gasteiger partial charge is 0.387 e. The highest BCUT2D eigenvalue weighted by Gasteiger charge is 2.73. The summed E-state index contributed by atoms with van der Waals surface area (Å²) in [5, 5.41) is 102. The molecule has 1 N–H and O–H groups in total. The van der Waals surface area contributed by atoms with Crippen LogP contribution in [0.1, 0.15) is 45.0 Å². The summed E-state index contributed by atoms with van der Waals surface area (Å²) in [4.78, 5) is 0. The summed E-state index contributed by atoms with van der Waals surface area (Å²) in [5.41, 5.74) is 9.16. The van der Waals surface area contributed by atoms with Gasteiger partial charge in [-0.2, -0.15) is 0 Å². The predicted octanol–water partition coefficient (Wildman–Crippen LogP) is 17.9. The van der Waals surface area contributed by atoms with Crippen molar-refractivity contribution in [2.24, 2.45) is 0 Å². The van der Waals surface area contributed by atoms with Gasteiger partial charge in [0.2, 0.25) is 0 Å². The maximum Gasteiger partial charge on any atom is 0.0945 e. The standard InChI is InChI=1S/C69H10O/c1-6-3-2-4-7-5-68-63-55-47-37-27-19-11-9-10-13-17-15(11)23-31-25(17)35-29-21(13)22-14(10)18-16-12(9)20(19)28-34-24(16)32-26(18)36-30(22)40-39(29)51-45(35)53-43(31)49(41(47)33(23)27)57(63)59(53)65-61(51)62-52(40)46(36)54-44(32)50-42(34)48(38(28)37)56(55)64(68)58(50)60(54)66(62)69(65,68)67(70)8(6)7/h2-4,67,70H,5H2,1H3. The molecule has 1 unspecified atom stereocenters. The van der Waals surface area contributed by atoms with Crippen LogP contribution in [-0.4, -0.2) is 5.11 Å². The summed E-state index contributed by atoms with van der Waals surface area (Å²) in [7, 11) is 0. The van der Waals surface area contributed by atoms with E-state index in [0.29, 0.717) is 0 Å². The number of aliphatic hydroxyl groups is 1. The number of aryl methyl sites for hydroxylation is 1. The lowest BCUT2D eigenvalue weighted by Crippen LogP contribution is -2.59. The summed E-state index contributed by atoms with van der Waals surface area (Å²) in [6.45, 7) is 2.32. The third-order valence-electron chi connectivity index (χ3n) is 26.1. The van der Waals surface area contributed by atoms with Crippen LogP contribution in [0.4, 0.5) is 0 Å². The maximum absolute atomic E-state index is 14.9. The predicted molar refractivity (Wildman–Crippen MR) is 294 cm³/mol. The van der Waals surface area contributed by atoms with Gasteiger partial charge in [0.05, 0.1) is 11.5 Å². The highest BCUT2D eigenvalue weighted by atomic mass is 16.3. The number of rotatable bonds is 0. The first-order valence-electron chi connectivity index (χ1n) is 26.3. The molecule has 0 amide bonds. The minimum Gasteiger partial charge on any atom is -0.387 e. The number of aliphatic hydroxyl groups excluding tert-OH is 1. The van der Waals surface area contributed by atoms with Gasteiger partial charge in [-0.15, -0.1) is 0 Å². The van der Waals surface area contributed by atoms with Gasteiger partial charge in [-0.25, -0.2) is 0 Å². The minimum absolute atomic E-state index is 0.460. The lowest BCUT2D eigenvalue weighted by molar-refractivity contribution is 0.0525. The Morgan fingerprint density at radius 1 is 0.286 bits per heavy atom. The molecule has 29 aromatic rings. The normalized spacial score (nSPS) is 23.5. The van der Waals surface area contributed by atoms with Crippen LogP contribution in [0.25, 0.3) is 291 Å². The molecule has 0 heterocycles. The first kappa shape index (κ1) is 25.8. The van der Waals surface area contributed by atoms with E-state index in [1.165, 1.54) is 16.7 Å². The lowest BCUT2D eigenvalue weighted by Gasteiger charge is -2.59. The van der Waals surface area contributed by atoms with E-state index in [9.17, 15) is 5.11 Å². The molecule has 0 saturated carbocycles. The fourth-order valence-corrected chi connectivity index (χ4v) is 26.1. The van der Waals surface area contributed by atoms with Crippen LogP contribution >= 0.6 is 0 Å². The van der Waals surface area contributed by atoms with Crippen molar-refractivity contribution in [3.05, 3.63) is 57.1 Å². The Morgan fingerprint density at radius 3 is 0.714 bits per heavy atom. The molecule has 0 aromatic heterocycles. The Morgan fingerprint density at radius 2 is 0.486 bits per heavy atom. The summed E-state index contributed by atoms with van der Waals surface area (Å²) in [5.74, 6) is 0. The topological polar surface area (TPSA) is 20.2 Å². The van der Waals surface area contributed by atoms with Crippen molar-refractivity contribution >= 4 is 291 Å². The molecule has 292 valence electrons. The second-order valence-electron chi connectivity index (χ2n) is 26.2. The van der Waals surface area contributed by atoms with Crippen LogP contribution in [-0.2, 0) is 17.3 Å². The summed E-state index contributed by atoms with van der Waals surface area (Å²) < 4.78 is 0. The molecule has 29 aromatic carbocycles. The van der Waals surface area contributed by atoms with Crippen molar-refractivity contribution in [3.8, 4) is 0 Å².